The normalized spacial score (nSPS) is 14.9. The van der Waals surface area contributed by atoms with E-state index in [4.69, 9.17) is 4.74 Å². The van der Waals surface area contributed by atoms with Crippen LogP contribution in [0.1, 0.15) is 44.2 Å². The van der Waals surface area contributed by atoms with Crippen LogP contribution in [0.4, 0.5) is 0 Å². The number of rotatable bonds is 10. The minimum atomic E-state index is 0.263. The summed E-state index contributed by atoms with van der Waals surface area (Å²) in [7, 11) is 1.77. The summed E-state index contributed by atoms with van der Waals surface area (Å²) in [6.45, 7) is 8.87. The third-order valence-electron chi connectivity index (χ3n) is 4.60. The van der Waals surface area contributed by atoms with Crippen LogP contribution in [-0.4, -0.2) is 50.1 Å². The van der Waals surface area contributed by atoms with Crippen molar-refractivity contribution in [2.75, 3.05) is 33.4 Å². The van der Waals surface area contributed by atoms with E-state index < -0.39 is 0 Å². The molecule has 0 radical (unpaired) electrons. The van der Waals surface area contributed by atoms with Gasteiger partial charge in [-0.15, -0.1) is 0 Å². The van der Waals surface area contributed by atoms with E-state index in [0.717, 1.165) is 38.5 Å². The quantitative estimate of drug-likeness (QED) is 0.375. The number of likely N-dealkylation sites (tertiary alicyclic amines) is 1. The summed E-state index contributed by atoms with van der Waals surface area (Å²) in [5, 5.41) is 6.60. The Kier molecular flexibility index (Phi) is 9.11. The third-order valence-corrected chi connectivity index (χ3v) is 4.60. The molecule has 1 aromatic carbocycles. The molecule has 2 rings (SSSR count). The number of ether oxygens (including phenoxy) is 1. The summed E-state index contributed by atoms with van der Waals surface area (Å²) >= 11 is 0. The van der Waals surface area contributed by atoms with Crippen LogP contribution in [-0.2, 0) is 22.6 Å². The van der Waals surface area contributed by atoms with E-state index in [9.17, 15) is 4.79 Å². The SMILES string of the molecule is CN=C(NCCOCCC(C)C)NCc1cccc(CN2CCCC2=O)c1. The maximum absolute atomic E-state index is 11.8. The van der Waals surface area contributed by atoms with E-state index >= 15 is 0 Å². The minimum Gasteiger partial charge on any atom is -0.380 e. The fourth-order valence-electron chi connectivity index (χ4n) is 3.00. The number of nitrogens with one attached hydrogen (secondary N) is 2. The standard InChI is InChI=1S/C21H34N4O2/c1-17(2)9-12-27-13-10-23-21(22-3)24-15-18-6-4-7-19(14-18)16-25-11-5-8-20(25)26/h4,6-7,14,17H,5,8-13,15-16H2,1-3H3,(H2,22,23,24). The van der Waals surface area contributed by atoms with Gasteiger partial charge in [-0.2, -0.15) is 0 Å². The number of aliphatic imine (C=N–C) groups is 1. The van der Waals surface area contributed by atoms with Crippen molar-refractivity contribution >= 4 is 11.9 Å². The Labute approximate surface area is 163 Å². The second-order valence-corrected chi connectivity index (χ2v) is 7.39. The van der Waals surface area contributed by atoms with Gasteiger partial charge in [-0.3, -0.25) is 9.79 Å². The van der Waals surface area contributed by atoms with Gasteiger partial charge in [0, 0.05) is 46.3 Å². The molecule has 0 aliphatic carbocycles. The van der Waals surface area contributed by atoms with Gasteiger partial charge in [-0.25, -0.2) is 0 Å². The lowest BCUT2D eigenvalue weighted by Gasteiger charge is -2.16. The van der Waals surface area contributed by atoms with Crippen LogP contribution in [0, 0.1) is 5.92 Å². The van der Waals surface area contributed by atoms with Crippen molar-refractivity contribution in [2.24, 2.45) is 10.9 Å². The van der Waals surface area contributed by atoms with Gasteiger partial charge in [-0.05, 0) is 29.9 Å². The van der Waals surface area contributed by atoms with E-state index in [0.29, 0.717) is 32.0 Å². The molecule has 1 aliphatic rings. The molecule has 6 heteroatoms. The summed E-state index contributed by atoms with van der Waals surface area (Å²) in [5.74, 6) is 1.70. The molecule has 2 N–H and O–H groups in total. The highest BCUT2D eigenvalue weighted by Gasteiger charge is 2.19. The van der Waals surface area contributed by atoms with E-state index in [1.54, 1.807) is 7.05 Å². The smallest absolute Gasteiger partial charge is 0.222 e. The third kappa shape index (κ3) is 7.99. The van der Waals surface area contributed by atoms with Crippen LogP contribution in [0.15, 0.2) is 29.3 Å². The van der Waals surface area contributed by atoms with Gasteiger partial charge in [0.15, 0.2) is 5.96 Å². The first-order chi connectivity index (χ1) is 13.1. The molecule has 0 bridgehead atoms. The lowest BCUT2D eigenvalue weighted by atomic mass is 10.1. The number of nitrogens with zero attached hydrogens (tertiary/aromatic N) is 2. The van der Waals surface area contributed by atoms with Gasteiger partial charge in [0.1, 0.15) is 0 Å². The Morgan fingerprint density at radius 2 is 2.07 bits per heavy atom. The fraction of sp³-hybridized carbons (Fsp3) is 0.619. The van der Waals surface area contributed by atoms with Crippen molar-refractivity contribution in [2.45, 2.75) is 46.2 Å². The largest absolute Gasteiger partial charge is 0.380 e. The first kappa shape index (κ1) is 21.2. The molecule has 0 aromatic heterocycles. The maximum Gasteiger partial charge on any atom is 0.222 e. The minimum absolute atomic E-state index is 0.263. The van der Waals surface area contributed by atoms with Crippen LogP contribution in [0.3, 0.4) is 0 Å². The molecule has 1 amide bonds. The molecule has 1 fully saturated rings. The average molecular weight is 375 g/mol. The van der Waals surface area contributed by atoms with Gasteiger partial charge in [0.25, 0.3) is 0 Å². The monoisotopic (exact) mass is 374 g/mol. The summed E-state index contributed by atoms with van der Waals surface area (Å²) in [5.41, 5.74) is 2.35. The Bertz CT molecular complexity index is 616. The first-order valence-electron chi connectivity index (χ1n) is 9.96. The molecule has 1 heterocycles. The van der Waals surface area contributed by atoms with Crippen LogP contribution in [0.25, 0.3) is 0 Å². The van der Waals surface area contributed by atoms with Crippen molar-refractivity contribution in [1.82, 2.24) is 15.5 Å². The maximum atomic E-state index is 11.8. The Morgan fingerprint density at radius 1 is 1.26 bits per heavy atom. The predicted molar refractivity (Wildman–Crippen MR) is 110 cm³/mol. The topological polar surface area (TPSA) is 66.0 Å². The van der Waals surface area contributed by atoms with Crippen LogP contribution in [0.5, 0.6) is 0 Å². The highest BCUT2D eigenvalue weighted by molar-refractivity contribution is 5.79. The molecule has 1 aliphatic heterocycles. The summed E-state index contributed by atoms with van der Waals surface area (Å²) in [6.07, 6.45) is 2.75. The van der Waals surface area contributed by atoms with Crippen LogP contribution >= 0.6 is 0 Å². The lowest BCUT2D eigenvalue weighted by Crippen LogP contribution is -2.38. The molecule has 1 saturated heterocycles. The Morgan fingerprint density at radius 3 is 2.78 bits per heavy atom. The molecule has 0 atom stereocenters. The number of guanidine groups is 1. The average Bonchev–Trinajstić information content (AvgIpc) is 3.05. The van der Waals surface area contributed by atoms with Gasteiger partial charge in [0.05, 0.1) is 6.61 Å². The van der Waals surface area contributed by atoms with Crippen molar-refractivity contribution in [3.63, 3.8) is 0 Å². The predicted octanol–water partition coefficient (Wildman–Crippen LogP) is 2.54. The van der Waals surface area contributed by atoms with Crippen molar-refractivity contribution in [3.8, 4) is 0 Å². The van der Waals surface area contributed by atoms with E-state index in [-0.39, 0.29) is 5.91 Å². The molecule has 27 heavy (non-hydrogen) atoms. The van der Waals surface area contributed by atoms with Crippen molar-refractivity contribution < 1.29 is 9.53 Å². The number of carbonyl (C=O) groups excluding carboxylic acids is 1. The van der Waals surface area contributed by atoms with E-state index in [1.807, 2.05) is 11.0 Å². The number of benzene rings is 1. The molecule has 0 spiro atoms. The summed E-state index contributed by atoms with van der Waals surface area (Å²) < 4.78 is 5.61. The number of hydrogen-bond donors (Lipinski definition) is 2. The molecule has 6 nitrogen and oxygen atoms in total. The van der Waals surface area contributed by atoms with Crippen LogP contribution in [0.2, 0.25) is 0 Å². The zero-order valence-electron chi connectivity index (χ0n) is 17.0. The Balaban J connectivity index is 1.71. The lowest BCUT2D eigenvalue weighted by molar-refractivity contribution is -0.128. The number of amides is 1. The molecule has 0 saturated carbocycles. The number of hydrogen-bond acceptors (Lipinski definition) is 3. The number of carbonyl (C=O) groups is 1. The molecule has 1 aromatic rings. The van der Waals surface area contributed by atoms with Gasteiger partial charge < -0.3 is 20.3 Å². The molecular weight excluding hydrogens is 340 g/mol. The zero-order valence-corrected chi connectivity index (χ0v) is 17.0. The van der Waals surface area contributed by atoms with Crippen LogP contribution < -0.4 is 10.6 Å². The summed E-state index contributed by atoms with van der Waals surface area (Å²) in [6, 6.07) is 8.37. The van der Waals surface area contributed by atoms with Crippen molar-refractivity contribution in [3.05, 3.63) is 35.4 Å². The highest BCUT2D eigenvalue weighted by Crippen LogP contribution is 2.15. The second-order valence-electron chi connectivity index (χ2n) is 7.39. The fourth-order valence-corrected chi connectivity index (χ4v) is 3.00. The van der Waals surface area contributed by atoms with Gasteiger partial charge in [-0.1, -0.05) is 38.1 Å². The molecular formula is C21H34N4O2. The zero-order chi connectivity index (χ0) is 19.5. The second kappa shape index (κ2) is 11.6. The molecule has 0 unspecified atom stereocenters. The summed E-state index contributed by atoms with van der Waals surface area (Å²) in [4.78, 5) is 18.0. The highest BCUT2D eigenvalue weighted by atomic mass is 16.5. The van der Waals surface area contributed by atoms with Crippen molar-refractivity contribution in [1.29, 1.82) is 0 Å². The Hall–Kier alpha value is -2.08. The van der Waals surface area contributed by atoms with E-state index in [1.165, 1.54) is 11.1 Å². The molecule has 150 valence electrons. The van der Waals surface area contributed by atoms with Gasteiger partial charge >= 0.3 is 0 Å². The first-order valence-corrected chi connectivity index (χ1v) is 9.96. The van der Waals surface area contributed by atoms with E-state index in [2.05, 4.69) is 47.7 Å². The van der Waals surface area contributed by atoms with Gasteiger partial charge in [0.2, 0.25) is 5.91 Å².